The quantitative estimate of drug-likeness (QED) is 0.484. The van der Waals surface area contributed by atoms with Gasteiger partial charge in [0.25, 0.3) is 5.91 Å². The van der Waals surface area contributed by atoms with Crippen molar-refractivity contribution in [1.82, 2.24) is 15.3 Å². The van der Waals surface area contributed by atoms with Gasteiger partial charge >= 0.3 is 12.4 Å². The van der Waals surface area contributed by atoms with Crippen LogP contribution in [0.2, 0.25) is 0 Å². The topological polar surface area (TPSA) is 54.9 Å². The molecule has 10 heteroatoms. The molecule has 33 heavy (non-hydrogen) atoms. The molecule has 1 aromatic carbocycles. The molecule has 4 rings (SSSR count). The van der Waals surface area contributed by atoms with E-state index in [1.807, 2.05) is 0 Å². The lowest BCUT2D eigenvalue weighted by Crippen LogP contribution is -2.31. The molecular formula is C23H17F6N3O. The number of carbonyl (C=O) groups is 1. The molecular weight excluding hydrogens is 448 g/mol. The number of alkyl halides is 6. The van der Waals surface area contributed by atoms with E-state index in [0.29, 0.717) is 36.2 Å². The number of amides is 1. The van der Waals surface area contributed by atoms with Crippen molar-refractivity contribution >= 4 is 5.91 Å². The van der Waals surface area contributed by atoms with Gasteiger partial charge < -0.3 is 5.32 Å². The fourth-order valence-corrected chi connectivity index (χ4v) is 3.79. The van der Waals surface area contributed by atoms with Crippen molar-refractivity contribution in [3.63, 3.8) is 0 Å². The van der Waals surface area contributed by atoms with Crippen LogP contribution in [0.3, 0.4) is 0 Å². The molecule has 2 aromatic heterocycles. The molecule has 0 saturated heterocycles. The molecule has 2 heterocycles. The van der Waals surface area contributed by atoms with Gasteiger partial charge in [0.15, 0.2) is 0 Å². The Bertz CT molecular complexity index is 1190. The summed E-state index contributed by atoms with van der Waals surface area (Å²) >= 11 is 0. The maximum absolute atomic E-state index is 13.0. The number of benzene rings is 1. The second-order valence-electron chi connectivity index (χ2n) is 7.66. The highest BCUT2D eigenvalue weighted by atomic mass is 19.4. The minimum Gasteiger partial charge on any atom is -0.345 e. The summed E-state index contributed by atoms with van der Waals surface area (Å²) < 4.78 is 77.8. The van der Waals surface area contributed by atoms with Crippen LogP contribution >= 0.6 is 0 Å². The summed E-state index contributed by atoms with van der Waals surface area (Å²) in [7, 11) is 0. The molecule has 0 bridgehead atoms. The molecule has 1 atom stereocenters. The van der Waals surface area contributed by atoms with Crippen molar-refractivity contribution in [2.75, 3.05) is 0 Å². The first-order valence-corrected chi connectivity index (χ1v) is 10.0. The Balaban J connectivity index is 1.58. The number of aryl methyl sites for hydroxylation is 1. The number of rotatable bonds is 3. The molecule has 1 amide bonds. The van der Waals surface area contributed by atoms with E-state index in [-0.39, 0.29) is 11.1 Å². The Morgan fingerprint density at radius 2 is 1.76 bits per heavy atom. The van der Waals surface area contributed by atoms with Crippen LogP contribution in [0.1, 0.15) is 51.8 Å². The van der Waals surface area contributed by atoms with E-state index in [0.717, 1.165) is 24.4 Å². The lowest BCUT2D eigenvalue weighted by Gasteiger charge is -2.26. The highest BCUT2D eigenvalue weighted by Crippen LogP contribution is 2.34. The van der Waals surface area contributed by atoms with Crippen molar-refractivity contribution < 1.29 is 31.1 Å². The van der Waals surface area contributed by atoms with Crippen molar-refractivity contribution in [1.29, 1.82) is 0 Å². The number of hydrogen-bond acceptors (Lipinski definition) is 3. The average Bonchev–Trinajstić information content (AvgIpc) is 2.78. The van der Waals surface area contributed by atoms with E-state index in [2.05, 4.69) is 15.3 Å². The summed E-state index contributed by atoms with van der Waals surface area (Å²) in [5.41, 5.74) is -0.138. The van der Waals surface area contributed by atoms with Crippen LogP contribution in [0.25, 0.3) is 11.3 Å². The maximum Gasteiger partial charge on any atom is 0.433 e. The number of carbonyl (C=O) groups excluding carboxylic acids is 1. The zero-order valence-electron chi connectivity index (χ0n) is 17.0. The fourth-order valence-electron chi connectivity index (χ4n) is 3.79. The summed E-state index contributed by atoms with van der Waals surface area (Å²) in [6.07, 6.45) is -6.29. The molecule has 1 aliphatic rings. The number of aromatic nitrogens is 2. The van der Waals surface area contributed by atoms with Gasteiger partial charge in [-0.3, -0.25) is 14.8 Å². The minimum absolute atomic E-state index is 0.113. The highest BCUT2D eigenvalue weighted by molar-refractivity contribution is 5.94. The van der Waals surface area contributed by atoms with Gasteiger partial charge in [-0.1, -0.05) is 12.1 Å². The summed E-state index contributed by atoms with van der Waals surface area (Å²) in [6, 6.07) is 9.28. The Labute approximate surface area is 184 Å². The standard InChI is InChI=1S/C23H17F6N3O/c24-22(25,26)15-4-1-3-14(11-15)21(33)32-19-6-2-5-18-16(19)7-8-17(31-18)13-9-10-30-20(12-13)23(27,28)29/h1,3-4,7-12,19H,2,5-6H2,(H,32,33)/t19-/m1/s1. The van der Waals surface area contributed by atoms with E-state index in [1.54, 1.807) is 12.1 Å². The van der Waals surface area contributed by atoms with Gasteiger partial charge in [0.1, 0.15) is 5.69 Å². The van der Waals surface area contributed by atoms with Crippen LogP contribution in [-0.2, 0) is 18.8 Å². The molecule has 0 unspecified atom stereocenters. The lowest BCUT2D eigenvalue weighted by atomic mass is 9.90. The van der Waals surface area contributed by atoms with Crippen molar-refractivity contribution in [2.45, 2.75) is 37.7 Å². The van der Waals surface area contributed by atoms with Gasteiger partial charge in [-0.05, 0) is 61.2 Å². The van der Waals surface area contributed by atoms with Gasteiger partial charge in [0.2, 0.25) is 0 Å². The van der Waals surface area contributed by atoms with Crippen molar-refractivity contribution in [3.8, 4) is 11.3 Å². The number of nitrogens with zero attached hydrogens (tertiary/aromatic N) is 2. The van der Waals surface area contributed by atoms with Gasteiger partial charge in [-0.2, -0.15) is 26.3 Å². The Morgan fingerprint density at radius 1 is 0.970 bits per heavy atom. The number of nitrogens with one attached hydrogen (secondary N) is 1. The van der Waals surface area contributed by atoms with E-state index in [9.17, 15) is 31.1 Å². The highest BCUT2D eigenvalue weighted by Gasteiger charge is 2.33. The van der Waals surface area contributed by atoms with E-state index >= 15 is 0 Å². The van der Waals surface area contributed by atoms with Gasteiger partial charge in [0.05, 0.1) is 17.3 Å². The first kappa shape index (κ1) is 22.8. The lowest BCUT2D eigenvalue weighted by molar-refractivity contribution is -0.141. The third-order valence-corrected chi connectivity index (χ3v) is 5.39. The summed E-state index contributed by atoms with van der Waals surface area (Å²) in [4.78, 5) is 20.4. The zero-order chi connectivity index (χ0) is 23.8. The fraction of sp³-hybridized carbons (Fsp3) is 0.261. The summed E-state index contributed by atoms with van der Waals surface area (Å²) in [6.45, 7) is 0. The first-order valence-electron chi connectivity index (χ1n) is 10.0. The van der Waals surface area contributed by atoms with Crippen molar-refractivity contribution in [2.24, 2.45) is 0 Å². The third-order valence-electron chi connectivity index (χ3n) is 5.39. The predicted molar refractivity (Wildman–Crippen MR) is 107 cm³/mol. The van der Waals surface area contributed by atoms with Gasteiger partial charge in [-0.25, -0.2) is 0 Å². The Morgan fingerprint density at radius 3 is 2.48 bits per heavy atom. The number of hydrogen-bond donors (Lipinski definition) is 1. The van der Waals surface area contributed by atoms with Gasteiger partial charge in [-0.15, -0.1) is 0 Å². The van der Waals surface area contributed by atoms with Crippen LogP contribution in [0.15, 0.2) is 54.7 Å². The second-order valence-corrected chi connectivity index (χ2v) is 7.66. The average molecular weight is 465 g/mol. The van der Waals surface area contributed by atoms with Crippen molar-refractivity contribution in [3.05, 3.63) is 82.8 Å². The molecule has 1 N–H and O–H groups in total. The van der Waals surface area contributed by atoms with E-state index in [4.69, 9.17) is 0 Å². The molecule has 3 aromatic rings. The van der Waals surface area contributed by atoms with Crippen LogP contribution in [0.5, 0.6) is 0 Å². The summed E-state index contributed by atoms with van der Waals surface area (Å²) in [5.74, 6) is -0.646. The molecule has 4 nitrogen and oxygen atoms in total. The van der Waals surface area contributed by atoms with Crippen LogP contribution < -0.4 is 5.32 Å². The predicted octanol–water partition coefficient (Wildman–Crippen LogP) is 5.99. The molecule has 0 aliphatic heterocycles. The number of fused-ring (bicyclic) bond motifs is 1. The maximum atomic E-state index is 13.0. The number of halogens is 6. The van der Waals surface area contributed by atoms with Crippen LogP contribution in [0, 0.1) is 0 Å². The largest absolute Gasteiger partial charge is 0.433 e. The molecule has 0 fully saturated rings. The van der Waals surface area contributed by atoms with Gasteiger partial charge in [0, 0.05) is 23.0 Å². The molecule has 172 valence electrons. The van der Waals surface area contributed by atoms with E-state index < -0.39 is 35.6 Å². The second kappa shape index (κ2) is 8.49. The van der Waals surface area contributed by atoms with E-state index in [1.165, 1.54) is 18.2 Å². The Hall–Kier alpha value is -3.43. The summed E-state index contributed by atoms with van der Waals surface area (Å²) in [5, 5.41) is 2.75. The zero-order valence-corrected chi connectivity index (χ0v) is 17.0. The third kappa shape index (κ3) is 4.99. The first-order chi connectivity index (χ1) is 15.5. The normalized spacial score (nSPS) is 16.2. The monoisotopic (exact) mass is 465 g/mol. The molecule has 0 saturated carbocycles. The van der Waals surface area contributed by atoms with Crippen LogP contribution in [-0.4, -0.2) is 15.9 Å². The SMILES string of the molecule is O=C(N[C@@H]1CCCc2nc(-c3ccnc(C(F)(F)F)c3)ccc21)c1cccc(C(F)(F)F)c1. The van der Waals surface area contributed by atoms with Crippen LogP contribution in [0.4, 0.5) is 26.3 Å². The molecule has 0 radical (unpaired) electrons. The minimum atomic E-state index is -4.58. The number of pyridine rings is 2. The molecule has 0 spiro atoms. The Kier molecular flexibility index (Phi) is 5.85. The molecule has 1 aliphatic carbocycles. The smallest absolute Gasteiger partial charge is 0.345 e.